The molecule has 0 aliphatic carbocycles. The number of hydrogen-bond donors (Lipinski definition) is 0. The molecule has 6 heteroatoms. The van der Waals surface area contributed by atoms with Crippen LogP contribution in [-0.2, 0) is 11.2 Å². The molecule has 166 valence electrons. The van der Waals surface area contributed by atoms with Crippen molar-refractivity contribution >= 4 is 11.9 Å². The van der Waals surface area contributed by atoms with Crippen LogP contribution in [0.2, 0.25) is 0 Å². The standard InChI is InChI=1S/C25H32N2O4/c1-26(24(28)21-7-4-8-22(16-21)25(29)31-3)17-20-6-5-14-27(18-20)15-13-19-9-11-23(30-2)12-10-19/h4,7-12,16,20H,5-6,13-15,17-18H2,1-3H3/t20-/m1/s1. The molecule has 0 saturated carbocycles. The summed E-state index contributed by atoms with van der Waals surface area (Å²) in [7, 11) is 4.86. The van der Waals surface area contributed by atoms with Crippen LogP contribution in [0.1, 0.15) is 39.1 Å². The normalized spacial score (nSPS) is 16.5. The fourth-order valence-electron chi connectivity index (χ4n) is 4.17. The first-order valence-electron chi connectivity index (χ1n) is 10.8. The van der Waals surface area contributed by atoms with Gasteiger partial charge in [-0.2, -0.15) is 0 Å². The number of carbonyl (C=O) groups is 2. The van der Waals surface area contributed by atoms with Crippen LogP contribution >= 0.6 is 0 Å². The van der Waals surface area contributed by atoms with Gasteiger partial charge in [0.1, 0.15) is 5.75 Å². The second kappa shape index (κ2) is 11.0. The van der Waals surface area contributed by atoms with Crippen molar-refractivity contribution in [2.24, 2.45) is 5.92 Å². The van der Waals surface area contributed by atoms with E-state index in [2.05, 4.69) is 17.0 Å². The molecule has 0 bridgehead atoms. The quantitative estimate of drug-likeness (QED) is 0.607. The first-order valence-corrected chi connectivity index (χ1v) is 10.8. The first kappa shape index (κ1) is 22.8. The zero-order valence-corrected chi connectivity index (χ0v) is 18.7. The number of carbonyl (C=O) groups excluding carboxylic acids is 2. The number of likely N-dealkylation sites (tertiary alicyclic amines) is 1. The molecule has 2 aromatic carbocycles. The van der Waals surface area contributed by atoms with Crippen molar-refractivity contribution in [3.8, 4) is 5.75 Å². The van der Waals surface area contributed by atoms with E-state index in [4.69, 9.17) is 9.47 Å². The van der Waals surface area contributed by atoms with Gasteiger partial charge < -0.3 is 19.3 Å². The number of esters is 1. The minimum absolute atomic E-state index is 0.0684. The Labute approximate surface area is 184 Å². The van der Waals surface area contributed by atoms with Crippen LogP contribution in [0, 0.1) is 5.92 Å². The lowest BCUT2D eigenvalue weighted by Crippen LogP contribution is -2.42. The van der Waals surface area contributed by atoms with Gasteiger partial charge in [-0.05, 0) is 67.6 Å². The highest BCUT2D eigenvalue weighted by atomic mass is 16.5. The van der Waals surface area contributed by atoms with E-state index in [0.717, 1.165) is 44.6 Å². The largest absolute Gasteiger partial charge is 0.497 e. The van der Waals surface area contributed by atoms with Gasteiger partial charge in [-0.25, -0.2) is 4.79 Å². The van der Waals surface area contributed by atoms with E-state index in [-0.39, 0.29) is 5.91 Å². The van der Waals surface area contributed by atoms with E-state index < -0.39 is 5.97 Å². The SMILES string of the molecule is COC(=O)c1cccc(C(=O)N(C)C[C@H]2CCCN(CCc3ccc(OC)cc3)C2)c1. The van der Waals surface area contributed by atoms with Crippen molar-refractivity contribution in [2.75, 3.05) is 47.4 Å². The van der Waals surface area contributed by atoms with E-state index in [1.807, 2.05) is 19.2 Å². The van der Waals surface area contributed by atoms with Crippen LogP contribution in [0.15, 0.2) is 48.5 Å². The maximum absolute atomic E-state index is 12.9. The lowest BCUT2D eigenvalue weighted by molar-refractivity contribution is 0.0600. The third kappa shape index (κ3) is 6.31. The smallest absolute Gasteiger partial charge is 0.337 e. The van der Waals surface area contributed by atoms with Gasteiger partial charge in [0.25, 0.3) is 5.91 Å². The van der Waals surface area contributed by atoms with Crippen molar-refractivity contribution in [1.29, 1.82) is 0 Å². The van der Waals surface area contributed by atoms with Crippen molar-refractivity contribution in [3.05, 3.63) is 65.2 Å². The summed E-state index contributed by atoms with van der Waals surface area (Å²) in [5.74, 6) is 0.826. The molecule has 1 aliphatic rings. The van der Waals surface area contributed by atoms with Crippen molar-refractivity contribution in [3.63, 3.8) is 0 Å². The zero-order chi connectivity index (χ0) is 22.2. The van der Waals surface area contributed by atoms with Crippen molar-refractivity contribution < 1.29 is 19.1 Å². The lowest BCUT2D eigenvalue weighted by Gasteiger charge is -2.34. The van der Waals surface area contributed by atoms with Gasteiger partial charge >= 0.3 is 5.97 Å². The second-order valence-corrected chi connectivity index (χ2v) is 8.16. The molecule has 0 aromatic heterocycles. The molecule has 6 nitrogen and oxygen atoms in total. The average Bonchev–Trinajstić information content (AvgIpc) is 2.82. The van der Waals surface area contributed by atoms with E-state index in [1.54, 1.807) is 36.3 Å². The highest BCUT2D eigenvalue weighted by molar-refractivity contribution is 5.97. The Morgan fingerprint density at radius 3 is 2.55 bits per heavy atom. The molecule has 1 atom stereocenters. The molecule has 1 fully saturated rings. The number of ether oxygens (including phenoxy) is 2. The van der Waals surface area contributed by atoms with Gasteiger partial charge in [0.15, 0.2) is 0 Å². The van der Waals surface area contributed by atoms with Crippen LogP contribution in [0.4, 0.5) is 0 Å². The maximum Gasteiger partial charge on any atom is 0.337 e. The molecule has 2 aromatic rings. The molecule has 0 spiro atoms. The van der Waals surface area contributed by atoms with Crippen LogP contribution in [0.25, 0.3) is 0 Å². The third-order valence-corrected chi connectivity index (χ3v) is 5.89. The van der Waals surface area contributed by atoms with Crippen molar-refractivity contribution in [2.45, 2.75) is 19.3 Å². The topological polar surface area (TPSA) is 59.1 Å². The predicted octanol–water partition coefficient (Wildman–Crippen LogP) is 3.51. The van der Waals surface area contributed by atoms with E-state index in [0.29, 0.717) is 23.6 Å². The Balaban J connectivity index is 1.52. The van der Waals surface area contributed by atoms with Crippen LogP contribution in [-0.4, -0.2) is 69.1 Å². The summed E-state index contributed by atoms with van der Waals surface area (Å²) < 4.78 is 9.98. The van der Waals surface area contributed by atoms with Crippen LogP contribution < -0.4 is 4.74 Å². The summed E-state index contributed by atoms with van der Waals surface area (Å²) in [6, 6.07) is 15.0. The Morgan fingerprint density at radius 1 is 1.10 bits per heavy atom. The fourth-order valence-corrected chi connectivity index (χ4v) is 4.17. The number of piperidine rings is 1. The summed E-state index contributed by atoms with van der Waals surface area (Å²) >= 11 is 0. The Bertz CT molecular complexity index is 881. The molecular weight excluding hydrogens is 392 g/mol. The van der Waals surface area contributed by atoms with Gasteiger partial charge in [0, 0.05) is 32.2 Å². The first-order chi connectivity index (χ1) is 15.0. The maximum atomic E-state index is 12.9. The Morgan fingerprint density at radius 2 is 1.84 bits per heavy atom. The molecule has 0 unspecified atom stereocenters. The predicted molar refractivity (Wildman–Crippen MR) is 121 cm³/mol. The molecule has 0 radical (unpaired) electrons. The minimum atomic E-state index is -0.433. The Kier molecular flexibility index (Phi) is 8.06. The highest BCUT2D eigenvalue weighted by Crippen LogP contribution is 2.20. The second-order valence-electron chi connectivity index (χ2n) is 8.16. The molecular formula is C25H32N2O4. The van der Waals surface area contributed by atoms with Gasteiger partial charge in [0.05, 0.1) is 19.8 Å². The summed E-state index contributed by atoms with van der Waals surface area (Å²) in [6.07, 6.45) is 3.28. The number of nitrogens with zero attached hydrogens (tertiary/aromatic N) is 2. The van der Waals surface area contributed by atoms with Gasteiger partial charge in [0.2, 0.25) is 0 Å². The average molecular weight is 425 g/mol. The molecule has 1 aliphatic heterocycles. The molecule has 3 rings (SSSR count). The molecule has 1 heterocycles. The van der Waals surface area contributed by atoms with Gasteiger partial charge in [-0.1, -0.05) is 18.2 Å². The van der Waals surface area contributed by atoms with E-state index in [9.17, 15) is 9.59 Å². The minimum Gasteiger partial charge on any atom is -0.497 e. The highest BCUT2D eigenvalue weighted by Gasteiger charge is 2.23. The zero-order valence-electron chi connectivity index (χ0n) is 18.7. The lowest BCUT2D eigenvalue weighted by atomic mass is 9.96. The van der Waals surface area contributed by atoms with Crippen LogP contribution in [0.5, 0.6) is 5.75 Å². The molecule has 1 amide bonds. The summed E-state index contributed by atoms with van der Waals surface area (Å²) in [5.41, 5.74) is 2.21. The van der Waals surface area contributed by atoms with E-state index in [1.165, 1.54) is 12.7 Å². The third-order valence-electron chi connectivity index (χ3n) is 5.89. The summed E-state index contributed by atoms with van der Waals surface area (Å²) in [4.78, 5) is 28.9. The number of methoxy groups -OCH3 is 2. The van der Waals surface area contributed by atoms with Crippen LogP contribution in [0.3, 0.4) is 0 Å². The van der Waals surface area contributed by atoms with Gasteiger partial charge in [-0.3, -0.25) is 4.79 Å². The number of amides is 1. The molecule has 0 N–H and O–H groups in total. The number of rotatable bonds is 8. The van der Waals surface area contributed by atoms with E-state index >= 15 is 0 Å². The Hall–Kier alpha value is -2.86. The van der Waals surface area contributed by atoms with Gasteiger partial charge in [-0.15, -0.1) is 0 Å². The number of benzene rings is 2. The molecule has 31 heavy (non-hydrogen) atoms. The summed E-state index contributed by atoms with van der Waals surface area (Å²) in [6.45, 7) is 3.82. The van der Waals surface area contributed by atoms with Crippen molar-refractivity contribution in [1.82, 2.24) is 9.80 Å². The fraction of sp³-hybridized carbons (Fsp3) is 0.440. The molecule has 1 saturated heterocycles. The number of hydrogen-bond acceptors (Lipinski definition) is 5. The monoisotopic (exact) mass is 424 g/mol. The summed E-state index contributed by atoms with van der Waals surface area (Å²) in [5, 5.41) is 0.